The number of carbonyl (C=O) groups excluding carboxylic acids is 2. The van der Waals surface area contributed by atoms with E-state index in [-0.39, 0.29) is 24.8 Å². The zero-order valence-electron chi connectivity index (χ0n) is 15.4. The summed E-state index contributed by atoms with van der Waals surface area (Å²) in [6.45, 7) is 2.04. The van der Waals surface area contributed by atoms with Gasteiger partial charge >= 0.3 is 0 Å². The minimum Gasteiger partial charge on any atom is -0.495 e. The number of benzene rings is 2. The second kappa shape index (κ2) is 9.94. The molecule has 2 rings (SSSR count). The van der Waals surface area contributed by atoms with Crippen molar-refractivity contribution in [1.82, 2.24) is 5.32 Å². The van der Waals surface area contributed by atoms with Crippen molar-refractivity contribution >= 4 is 29.1 Å². The lowest BCUT2D eigenvalue weighted by molar-refractivity contribution is -0.122. The van der Waals surface area contributed by atoms with Crippen LogP contribution in [0.4, 0.5) is 5.69 Å². The first-order valence-corrected chi connectivity index (χ1v) is 8.99. The van der Waals surface area contributed by atoms with Crippen LogP contribution in [0.25, 0.3) is 0 Å². The van der Waals surface area contributed by atoms with E-state index < -0.39 is 6.04 Å². The molecule has 0 aliphatic rings. The van der Waals surface area contributed by atoms with Crippen molar-refractivity contribution in [2.75, 3.05) is 19.0 Å². The Hall–Kier alpha value is -2.57. The monoisotopic (exact) mass is 389 g/mol. The molecule has 0 heterocycles. The summed E-state index contributed by atoms with van der Waals surface area (Å²) in [5.41, 5.74) is 8.27. The van der Waals surface area contributed by atoms with Gasteiger partial charge in [0.1, 0.15) is 5.75 Å². The van der Waals surface area contributed by atoms with Gasteiger partial charge in [-0.15, -0.1) is 0 Å². The first-order valence-electron chi connectivity index (χ1n) is 8.62. The number of halogens is 1. The van der Waals surface area contributed by atoms with E-state index in [0.29, 0.717) is 22.9 Å². The summed E-state index contributed by atoms with van der Waals surface area (Å²) >= 11 is 6.06. The molecule has 2 aromatic rings. The van der Waals surface area contributed by atoms with Gasteiger partial charge in [0.2, 0.25) is 11.8 Å². The molecule has 0 bridgehead atoms. The molecule has 2 aromatic carbocycles. The lowest BCUT2D eigenvalue weighted by atomic mass is 10.1. The second-order valence-corrected chi connectivity index (χ2v) is 6.59. The van der Waals surface area contributed by atoms with Crippen molar-refractivity contribution in [3.63, 3.8) is 0 Å². The molecule has 6 nitrogen and oxygen atoms in total. The minimum absolute atomic E-state index is 0.120. The molecule has 0 aromatic heterocycles. The number of carbonyl (C=O) groups is 2. The van der Waals surface area contributed by atoms with Crippen LogP contribution in [-0.2, 0) is 16.0 Å². The van der Waals surface area contributed by atoms with Gasteiger partial charge in [0.25, 0.3) is 0 Å². The Bertz CT molecular complexity index is 797. The number of hydrogen-bond acceptors (Lipinski definition) is 4. The standard InChI is InChI=1S/C20H24ClN3O3/c1-13-10-17(18(27-2)12-15(13)21)24-19(25)8-9-23-20(26)16(22)11-14-6-4-3-5-7-14/h3-7,10,12,16H,8-9,11,22H2,1-2H3,(H,23,26)(H,24,25)/t16-/m0/s1. The second-order valence-electron chi connectivity index (χ2n) is 6.19. The third-order valence-electron chi connectivity index (χ3n) is 4.04. The molecule has 144 valence electrons. The minimum atomic E-state index is -0.658. The molecular weight excluding hydrogens is 366 g/mol. The number of amides is 2. The van der Waals surface area contributed by atoms with E-state index in [2.05, 4.69) is 10.6 Å². The molecule has 2 amide bonds. The summed E-state index contributed by atoms with van der Waals surface area (Å²) in [6.07, 6.45) is 0.564. The summed E-state index contributed by atoms with van der Waals surface area (Å²) in [4.78, 5) is 24.2. The Balaban J connectivity index is 1.80. The number of nitrogens with one attached hydrogen (secondary N) is 2. The number of anilines is 1. The van der Waals surface area contributed by atoms with Crippen molar-refractivity contribution in [3.8, 4) is 5.75 Å². The molecular formula is C20H24ClN3O3. The molecule has 0 aliphatic carbocycles. The van der Waals surface area contributed by atoms with E-state index in [1.54, 1.807) is 12.1 Å². The van der Waals surface area contributed by atoms with Gasteiger partial charge in [-0.3, -0.25) is 9.59 Å². The first-order chi connectivity index (χ1) is 12.9. The van der Waals surface area contributed by atoms with Crippen LogP contribution in [0.1, 0.15) is 17.5 Å². The van der Waals surface area contributed by atoms with Crippen molar-refractivity contribution in [2.45, 2.75) is 25.8 Å². The molecule has 7 heteroatoms. The van der Waals surface area contributed by atoms with Crippen LogP contribution >= 0.6 is 11.6 Å². The Morgan fingerprint density at radius 3 is 2.59 bits per heavy atom. The molecule has 4 N–H and O–H groups in total. The fourth-order valence-corrected chi connectivity index (χ4v) is 2.69. The maximum Gasteiger partial charge on any atom is 0.237 e. The molecule has 0 unspecified atom stereocenters. The third-order valence-corrected chi connectivity index (χ3v) is 4.45. The van der Waals surface area contributed by atoms with Crippen LogP contribution in [0.3, 0.4) is 0 Å². The summed E-state index contributed by atoms with van der Waals surface area (Å²) in [6, 6.07) is 12.3. The number of methoxy groups -OCH3 is 1. The highest BCUT2D eigenvalue weighted by atomic mass is 35.5. The number of ether oxygens (including phenoxy) is 1. The van der Waals surface area contributed by atoms with E-state index in [4.69, 9.17) is 22.1 Å². The van der Waals surface area contributed by atoms with Crippen LogP contribution < -0.4 is 21.1 Å². The lowest BCUT2D eigenvalue weighted by Gasteiger charge is -2.14. The van der Waals surface area contributed by atoms with Crippen LogP contribution in [0, 0.1) is 6.92 Å². The van der Waals surface area contributed by atoms with Gasteiger partial charge in [0, 0.05) is 24.1 Å². The first kappa shape index (κ1) is 20.7. The van der Waals surface area contributed by atoms with E-state index in [1.165, 1.54) is 7.11 Å². The summed E-state index contributed by atoms with van der Waals surface area (Å²) in [5, 5.41) is 6.02. The normalized spacial score (nSPS) is 11.6. The highest BCUT2D eigenvalue weighted by molar-refractivity contribution is 6.31. The quantitative estimate of drug-likeness (QED) is 0.647. The highest BCUT2D eigenvalue weighted by Gasteiger charge is 2.15. The number of nitrogens with two attached hydrogens (primary N) is 1. The van der Waals surface area contributed by atoms with E-state index in [1.807, 2.05) is 37.3 Å². The van der Waals surface area contributed by atoms with Gasteiger partial charge < -0.3 is 21.1 Å². The molecule has 27 heavy (non-hydrogen) atoms. The molecule has 0 radical (unpaired) electrons. The predicted octanol–water partition coefficient (Wildman–Crippen LogP) is 2.67. The molecule has 1 atom stereocenters. The predicted molar refractivity (Wildman–Crippen MR) is 107 cm³/mol. The average Bonchev–Trinajstić information content (AvgIpc) is 2.65. The van der Waals surface area contributed by atoms with Crippen LogP contribution in [0.15, 0.2) is 42.5 Å². The third kappa shape index (κ3) is 6.27. The Labute approximate surface area is 164 Å². The van der Waals surface area contributed by atoms with Crippen LogP contribution in [-0.4, -0.2) is 31.5 Å². The fraction of sp³-hybridized carbons (Fsp3) is 0.300. The largest absolute Gasteiger partial charge is 0.495 e. The van der Waals surface area contributed by atoms with Crippen molar-refractivity contribution in [1.29, 1.82) is 0 Å². The Morgan fingerprint density at radius 1 is 1.22 bits per heavy atom. The number of rotatable bonds is 8. The van der Waals surface area contributed by atoms with Crippen LogP contribution in [0.5, 0.6) is 5.75 Å². The zero-order valence-corrected chi connectivity index (χ0v) is 16.2. The van der Waals surface area contributed by atoms with E-state index in [9.17, 15) is 9.59 Å². The van der Waals surface area contributed by atoms with Gasteiger partial charge in [-0.25, -0.2) is 0 Å². The van der Waals surface area contributed by atoms with Crippen molar-refractivity contribution in [2.24, 2.45) is 5.73 Å². The lowest BCUT2D eigenvalue weighted by Crippen LogP contribution is -2.42. The topological polar surface area (TPSA) is 93.5 Å². The molecule has 0 saturated carbocycles. The Morgan fingerprint density at radius 2 is 1.93 bits per heavy atom. The van der Waals surface area contributed by atoms with Crippen LogP contribution in [0.2, 0.25) is 5.02 Å². The fourth-order valence-electron chi connectivity index (χ4n) is 2.53. The van der Waals surface area contributed by atoms with E-state index >= 15 is 0 Å². The maximum absolute atomic E-state index is 12.1. The highest BCUT2D eigenvalue weighted by Crippen LogP contribution is 2.30. The molecule has 0 spiro atoms. The summed E-state index contributed by atoms with van der Waals surface area (Å²) in [5.74, 6) is -0.0496. The molecule has 0 saturated heterocycles. The number of hydrogen-bond donors (Lipinski definition) is 3. The van der Waals surface area contributed by atoms with Crippen molar-refractivity contribution < 1.29 is 14.3 Å². The summed E-state index contributed by atoms with van der Waals surface area (Å²) < 4.78 is 5.23. The Kier molecular flexibility index (Phi) is 7.64. The van der Waals surface area contributed by atoms with Gasteiger partial charge in [0.05, 0.1) is 18.8 Å². The van der Waals surface area contributed by atoms with E-state index in [0.717, 1.165) is 11.1 Å². The smallest absolute Gasteiger partial charge is 0.237 e. The number of aryl methyl sites for hydroxylation is 1. The van der Waals surface area contributed by atoms with Gasteiger partial charge in [0.15, 0.2) is 0 Å². The maximum atomic E-state index is 12.1. The summed E-state index contributed by atoms with van der Waals surface area (Å²) in [7, 11) is 1.50. The SMILES string of the molecule is COc1cc(Cl)c(C)cc1NC(=O)CCNC(=O)[C@@H](N)Cc1ccccc1. The van der Waals surface area contributed by atoms with Gasteiger partial charge in [-0.2, -0.15) is 0 Å². The molecule has 0 aliphatic heterocycles. The average molecular weight is 390 g/mol. The van der Waals surface area contributed by atoms with Gasteiger partial charge in [-0.05, 0) is 30.5 Å². The molecule has 0 fully saturated rings. The van der Waals surface area contributed by atoms with Crippen molar-refractivity contribution in [3.05, 3.63) is 58.6 Å². The van der Waals surface area contributed by atoms with Gasteiger partial charge in [-0.1, -0.05) is 41.9 Å². The zero-order chi connectivity index (χ0) is 19.8.